The third-order valence-corrected chi connectivity index (χ3v) is 11.4. The summed E-state index contributed by atoms with van der Waals surface area (Å²) in [6.45, 7) is 10.2. The molecule has 0 fully saturated rings. The first-order chi connectivity index (χ1) is 9.20. The average molecular weight is 341 g/mol. The first-order valence-electron chi connectivity index (χ1n) is 7.04. The minimum absolute atomic E-state index is 0.284. The van der Waals surface area contributed by atoms with E-state index in [-0.39, 0.29) is 6.29 Å². The topological polar surface area (TPSA) is 66.4 Å². The minimum Gasteiger partial charge on any atom is -0.480 e. The van der Waals surface area contributed by atoms with Crippen LogP contribution in [-0.2, 0) is 9.36 Å². The highest BCUT2D eigenvalue weighted by Gasteiger charge is 2.27. The highest BCUT2D eigenvalue weighted by Crippen LogP contribution is 2.68. The zero-order valence-electron chi connectivity index (χ0n) is 13.1. The summed E-state index contributed by atoms with van der Waals surface area (Å²) < 4.78 is 12.9. The summed E-state index contributed by atoms with van der Waals surface area (Å²) in [4.78, 5) is 11.0. The van der Waals surface area contributed by atoms with Crippen LogP contribution in [0.4, 0.5) is 0 Å². The van der Waals surface area contributed by atoms with Gasteiger partial charge in [-0.05, 0) is 18.3 Å². The number of aliphatic carboxylic acids is 1. The summed E-state index contributed by atoms with van der Waals surface area (Å²) in [6.07, 6.45) is 0.783. The lowest BCUT2D eigenvalue weighted by Crippen LogP contribution is -2.36. The summed E-state index contributed by atoms with van der Waals surface area (Å²) in [5.41, 5.74) is -2.47. The van der Waals surface area contributed by atoms with Crippen LogP contribution in [0.2, 0.25) is 0 Å². The maximum Gasteiger partial charge on any atom is 0.320 e. The molecule has 1 atom stereocenters. The monoisotopic (exact) mass is 341 g/mol. The van der Waals surface area contributed by atoms with E-state index in [2.05, 4.69) is 33.0 Å². The van der Waals surface area contributed by atoms with Crippen molar-refractivity contribution >= 4 is 34.3 Å². The Hall–Kier alpha value is 0.360. The molecule has 0 bridgehead atoms. The maximum absolute atomic E-state index is 12.9. The van der Waals surface area contributed by atoms with Gasteiger partial charge < -0.3 is 5.11 Å². The third-order valence-electron chi connectivity index (χ3n) is 2.45. The van der Waals surface area contributed by atoms with E-state index in [0.717, 1.165) is 11.5 Å². The number of carboxylic acid groups (broad SMARTS) is 1. The summed E-state index contributed by atoms with van der Waals surface area (Å²) >= 11 is 3.00. The van der Waals surface area contributed by atoms with Crippen LogP contribution in [-0.4, -0.2) is 34.9 Å². The van der Waals surface area contributed by atoms with Crippen LogP contribution in [0.15, 0.2) is 0 Å². The van der Waals surface area contributed by atoms with Gasteiger partial charge in [-0.2, -0.15) is 0 Å². The molecule has 0 saturated carbocycles. The highest BCUT2D eigenvalue weighted by atomic mass is 33.1. The van der Waals surface area contributed by atoms with Crippen LogP contribution in [0.25, 0.3) is 0 Å². The Bertz CT molecular complexity index is 322. The van der Waals surface area contributed by atoms with E-state index in [0.29, 0.717) is 18.3 Å². The van der Waals surface area contributed by atoms with Crippen molar-refractivity contribution in [3.8, 4) is 0 Å². The van der Waals surface area contributed by atoms with E-state index in [1.165, 1.54) is 22.8 Å². The molecule has 0 aromatic carbocycles. The van der Waals surface area contributed by atoms with Crippen LogP contribution >= 0.6 is 28.3 Å². The van der Waals surface area contributed by atoms with Gasteiger partial charge in [-0.1, -0.05) is 57.4 Å². The van der Waals surface area contributed by atoms with Crippen molar-refractivity contribution in [2.45, 2.75) is 47.1 Å². The van der Waals surface area contributed by atoms with Gasteiger partial charge in [0.2, 0.25) is 5.55 Å². The summed E-state index contributed by atoms with van der Waals surface area (Å²) in [5, 5.41) is 12.0. The van der Waals surface area contributed by atoms with Crippen molar-refractivity contribution < 1.29 is 14.5 Å². The van der Waals surface area contributed by atoms with Crippen molar-refractivity contribution in [3.63, 3.8) is 0 Å². The molecule has 0 saturated heterocycles. The second-order valence-electron chi connectivity index (χ2n) is 5.65. The van der Waals surface area contributed by atoms with Crippen LogP contribution in [0.3, 0.4) is 0 Å². The van der Waals surface area contributed by atoms with E-state index < -0.39 is 17.6 Å². The Morgan fingerprint density at radius 2 is 1.60 bits per heavy atom. The molecule has 0 aliphatic carbocycles. The van der Waals surface area contributed by atoms with Crippen LogP contribution in [0, 0.1) is 11.8 Å². The van der Waals surface area contributed by atoms with Crippen molar-refractivity contribution in [3.05, 3.63) is 0 Å². The van der Waals surface area contributed by atoms with Gasteiger partial charge in [-0.25, -0.2) is 0 Å². The van der Waals surface area contributed by atoms with Gasteiger partial charge in [-0.3, -0.25) is 14.7 Å². The number of hydrogen-bond donors (Lipinski definition) is 2. The second kappa shape index (κ2) is 10.1. The molecule has 7 heteroatoms. The minimum atomic E-state index is -2.47. The van der Waals surface area contributed by atoms with Crippen LogP contribution in [0.1, 0.15) is 41.0 Å². The van der Waals surface area contributed by atoms with Crippen LogP contribution in [0.5, 0.6) is 0 Å². The molecule has 0 aromatic heterocycles. The third kappa shape index (κ3) is 9.32. The quantitative estimate of drug-likeness (QED) is 0.544. The number of nitrogens with one attached hydrogen (secondary N) is 1. The SMILES string of the molecule is CCC(NCP(=O)(SCC(C)C)SCC(C)C)C(=O)O. The molecule has 0 aromatic rings. The zero-order valence-corrected chi connectivity index (χ0v) is 15.6. The van der Waals surface area contributed by atoms with Crippen LogP contribution < -0.4 is 5.32 Å². The second-order valence-corrected chi connectivity index (χ2v) is 14.2. The molecule has 4 nitrogen and oxygen atoms in total. The molecule has 0 amide bonds. The molecule has 20 heavy (non-hydrogen) atoms. The molecular formula is C13H28NO3PS2. The average Bonchev–Trinajstić information content (AvgIpc) is 2.34. The van der Waals surface area contributed by atoms with Gasteiger partial charge >= 0.3 is 5.97 Å². The molecule has 0 rings (SSSR count). The number of rotatable bonds is 11. The Labute approximate surface area is 131 Å². The molecule has 0 aliphatic heterocycles. The first-order valence-corrected chi connectivity index (χ1v) is 12.1. The predicted octanol–water partition coefficient (Wildman–Crippen LogP) is 4.37. The van der Waals surface area contributed by atoms with Crippen molar-refractivity contribution in [2.75, 3.05) is 17.8 Å². The van der Waals surface area contributed by atoms with Crippen molar-refractivity contribution in [2.24, 2.45) is 11.8 Å². The zero-order chi connectivity index (χ0) is 15.8. The molecule has 2 N–H and O–H groups in total. The first kappa shape index (κ1) is 20.4. The number of carboxylic acids is 1. The van der Waals surface area contributed by atoms with Gasteiger partial charge in [0.25, 0.3) is 0 Å². The molecule has 1 unspecified atom stereocenters. The van der Waals surface area contributed by atoms with Crippen molar-refractivity contribution in [1.82, 2.24) is 5.32 Å². The molecule has 0 radical (unpaired) electrons. The standard InChI is InChI=1S/C13H28NO3PS2/c1-6-12(13(15)16)14-9-18(17,19-7-10(2)3)20-8-11(4)5/h10-12,14H,6-9H2,1-5H3,(H,15,16). The lowest BCUT2D eigenvalue weighted by Gasteiger charge is -2.21. The molecule has 0 spiro atoms. The van der Waals surface area contributed by atoms with Gasteiger partial charge in [0.15, 0.2) is 0 Å². The highest BCUT2D eigenvalue weighted by molar-refractivity contribution is 8.90. The smallest absolute Gasteiger partial charge is 0.320 e. The molecule has 0 heterocycles. The van der Waals surface area contributed by atoms with E-state index in [4.69, 9.17) is 5.11 Å². The Morgan fingerprint density at radius 1 is 1.15 bits per heavy atom. The predicted molar refractivity (Wildman–Crippen MR) is 91.9 cm³/mol. The Balaban J connectivity index is 4.58. The van der Waals surface area contributed by atoms with E-state index >= 15 is 0 Å². The lowest BCUT2D eigenvalue weighted by atomic mass is 10.2. The molecule has 120 valence electrons. The normalized spacial score (nSPS) is 13.9. The van der Waals surface area contributed by atoms with Gasteiger partial charge in [0.05, 0.1) is 6.29 Å². The fraction of sp³-hybridized carbons (Fsp3) is 0.923. The summed E-state index contributed by atoms with van der Waals surface area (Å²) in [7, 11) is 0. The number of hydrogen-bond acceptors (Lipinski definition) is 5. The van der Waals surface area contributed by atoms with E-state index in [9.17, 15) is 9.36 Å². The summed E-state index contributed by atoms with van der Waals surface area (Å²) in [5.74, 6) is 1.77. The fourth-order valence-electron chi connectivity index (χ4n) is 1.28. The van der Waals surface area contributed by atoms with E-state index in [1.54, 1.807) is 0 Å². The number of carbonyl (C=O) groups is 1. The van der Waals surface area contributed by atoms with Crippen molar-refractivity contribution in [1.29, 1.82) is 0 Å². The molecule has 0 aliphatic rings. The molecular weight excluding hydrogens is 313 g/mol. The van der Waals surface area contributed by atoms with E-state index in [1.807, 2.05) is 6.92 Å². The summed E-state index contributed by atoms with van der Waals surface area (Å²) in [6, 6.07) is -0.609. The maximum atomic E-state index is 12.9. The van der Waals surface area contributed by atoms with Gasteiger partial charge in [0.1, 0.15) is 6.04 Å². The van der Waals surface area contributed by atoms with Gasteiger partial charge in [-0.15, -0.1) is 0 Å². The lowest BCUT2D eigenvalue weighted by molar-refractivity contribution is -0.139. The largest absolute Gasteiger partial charge is 0.480 e. The Morgan fingerprint density at radius 3 is 1.90 bits per heavy atom. The van der Waals surface area contributed by atoms with Gasteiger partial charge in [0, 0.05) is 11.5 Å². The fourth-order valence-corrected chi connectivity index (χ4v) is 9.17. The Kier molecular flexibility index (Phi) is 10.3.